The Morgan fingerprint density at radius 1 is 1.20 bits per heavy atom. The normalized spacial score (nSPS) is 12.5. The Morgan fingerprint density at radius 2 is 1.92 bits per heavy atom. The number of rotatable bonds is 4. The number of nitrogen functional groups attached to an aromatic ring is 1. The molecule has 0 spiro atoms. The molecule has 0 bridgehead atoms. The minimum absolute atomic E-state index is 0.0241. The van der Waals surface area contributed by atoms with E-state index in [1.807, 2.05) is 12.1 Å². The Hall–Kier alpha value is -3.29. The smallest absolute Gasteiger partial charge is 0.292 e. The van der Waals surface area contributed by atoms with Crippen LogP contribution in [0.5, 0.6) is 11.5 Å². The minimum atomic E-state index is -0.604. The third kappa shape index (κ3) is 3.47. The van der Waals surface area contributed by atoms with Gasteiger partial charge >= 0.3 is 0 Å². The van der Waals surface area contributed by atoms with Gasteiger partial charge in [0.15, 0.2) is 11.5 Å². The molecule has 0 fully saturated rings. The van der Waals surface area contributed by atoms with Crippen LogP contribution in [0.1, 0.15) is 15.9 Å². The number of nitrogens with zero attached hydrogens (tertiary/aromatic N) is 2. The molecule has 2 aromatic rings. The zero-order chi connectivity index (χ0) is 18.0. The molecule has 25 heavy (non-hydrogen) atoms. The zero-order valence-corrected chi connectivity index (χ0v) is 13.6. The fourth-order valence-electron chi connectivity index (χ4n) is 2.59. The van der Waals surface area contributed by atoms with Crippen molar-refractivity contribution in [3.63, 3.8) is 0 Å². The molecular weight excluding hydrogens is 326 g/mol. The lowest BCUT2D eigenvalue weighted by Gasteiger charge is -2.21. The summed E-state index contributed by atoms with van der Waals surface area (Å²) in [5, 5.41) is 11.0. The number of benzene rings is 2. The first-order valence-electron chi connectivity index (χ1n) is 7.63. The largest absolute Gasteiger partial charge is 0.486 e. The molecular formula is C17H17N3O5. The van der Waals surface area contributed by atoms with E-state index in [9.17, 15) is 14.9 Å². The standard InChI is InChI=1S/C17H17N3O5/c1-19(10-11-2-5-15-16(8-11)25-7-6-24-15)17(21)12-3-4-13(18)14(9-12)20(22)23/h2-5,8-9H,6-7,10,18H2,1H3. The number of nitro groups is 1. The number of fused-ring (bicyclic) bond motifs is 1. The van der Waals surface area contributed by atoms with Crippen molar-refractivity contribution in [2.45, 2.75) is 6.54 Å². The molecule has 0 atom stereocenters. The zero-order valence-electron chi connectivity index (χ0n) is 13.6. The van der Waals surface area contributed by atoms with Crippen molar-refractivity contribution in [1.29, 1.82) is 0 Å². The number of carbonyl (C=O) groups excluding carboxylic acids is 1. The van der Waals surface area contributed by atoms with E-state index < -0.39 is 4.92 Å². The van der Waals surface area contributed by atoms with Crippen molar-refractivity contribution in [3.05, 3.63) is 57.6 Å². The molecule has 1 aliphatic heterocycles. The lowest BCUT2D eigenvalue weighted by molar-refractivity contribution is -0.383. The summed E-state index contributed by atoms with van der Waals surface area (Å²) >= 11 is 0. The van der Waals surface area contributed by atoms with Gasteiger partial charge in [-0.05, 0) is 29.8 Å². The van der Waals surface area contributed by atoms with Crippen LogP contribution in [0, 0.1) is 10.1 Å². The molecule has 8 nitrogen and oxygen atoms in total. The molecule has 0 unspecified atom stereocenters. The number of ether oxygens (including phenoxy) is 2. The lowest BCUT2D eigenvalue weighted by atomic mass is 10.1. The van der Waals surface area contributed by atoms with Gasteiger partial charge in [-0.15, -0.1) is 0 Å². The van der Waals surface area contributed by atoms with Gasteiger partial charge in [-0.1, -0.05) is 6.07 Å². The summed E-state index contributed by atoms with van der Waals surface area (Å²) in [5.74, 6) is 0.990. The monoisotopic (exact) mass is 343 g/mol. The van der Waals surface area contributed by atoms with E-state index in [1.165, 1.54) is 23.1 Å². The van der Waals surface area contributed by atoms with Crippen LogP contribution >= 0.6 is 0 Å². The molecule has 130 valence electrons. The second kappa shape index (κ2) is 6.68. The first-order valence-corrected chi connectivity index (χ1v) is 7.63. The molecule has 0 saturated heterocycles. The summed E-state index contributed by atoms with van der Waals surface area (Å²) in [5.41, 5.74) is 6.38. The van der Waals surface area contributed by atoms with Gasteiger partial charge in [0.1, 0.15) is 18.9 Å². The van der Waals surface area contributed by atoms with Crippen LogP contribution in [-0.2, 0) is 6.54 Å². The predicted molar refractivity (Wildman–Crippen MR) is 90.7 cm³/mol. The molecule has 1 aliphatic rings. The molecule has 0 aliphatic carbocycles. The SMILES string of the molecule is CN(Cc1ccc2c(c1)OCCO2)C(=O)c1ccc(N)c([N+](=O)[O-])c1. The van der Waals surface area contributed by atoms with Crippen LogP contribution < -0.4 is 15.2 Å². The van der Waals surface area contributed by atoms with Crippen LogP contribution in [0.25, 0.3) is 0 Å². The van der Waals surface area contributed by atoms with E-state index in [4.69, 9.17) is 15.2 Å². The predicted octanol–water partition coefficient (Wildman–Crippen LogP) is 2.22. The topological polar surface area (TPSA) is 108 Å². The number of nitro benzene ring substituents is 1. The Bertz CT molecular complexity index is 837. The van der Waals surface area contributed by atoms with Crippen molar-refractivity contribution in [1.82, 2.24) is 4.90 Å². The summed E-state index contributed by atoms with van der Waals surface area (Å²) < 4.78 is 11.0. The van der Waals surface area contributed by atoms with Gasteiger partial charge in [-0.2, -0.15) is 0 Å². The number of anilines is 1. The van der Waals surface area contributed by atoms with E-state index in [0.717, 1.165) is 5.56 Å². The molecule has 8 heteroatoms. The highest BCUT2D eigenvalue weighted by atomic mass is 16.6. The van der Waals surface area contributed by atoms with Gasteiger partial charge < -0.3 is 20.1 Å². The molecule has 2 aromatic carbocycles. The molecule has 1 heterocycles. The van der Waals surface area contributed by atoms with Crippen molar-refractivity contribution < 1.29 is 19.2 Å². The maximum atomic E-state index is 12.5. The van der Waals surface area contributed by atoms with E-state index in [1.54, 1.807) is 13.1 Å². The van der Waals surface area contributed by atoms with Crippen LogP contribution in [0.15, 0.2) is 36.4 Å². The van der Waals surface area contributed by atoms with E-state index in [2.05, 4.69) is 0 Å². The molecule has 2 N–H and O–H groups in total. The van der Waals surface area contributed by atoms with E-state index in [-0.39, 0.29) is 22.8 Å². The molecule has 0 saturated carbocycles. The van der Waals surface area contributed by atoms with Gasteiger partial charge in [-0.3, -0.25) is 14.9 Å². The average Bonchev–Trinajstić information content (AvgIpc) is 2.61. The van der Waals surface area contributed by atoms with Crippen LogP contribution in [0.4, 0.5) is 11.4 Å². The Balaban J connectivity index is 1.77. The number of nitrogens with two attached hydrogens (primary N) is 1. The van der Waals surface area contributed by atoms with E-state index >= 15 is 0 Å². The number of hydrogen-bond acceptors (Lipinski definition) is 6. The second-order valence-electron chi connectivity index (χ2n) is 5.67. The Labute approximate surface area is 143 Å². The van der Waals surface area contributed by atoms with Crippen molar-refractivity contribution >= 4 is 17.3 Å². The first kappa shape index (κ1) is 16.6. The van der Waals surface area contributed by atoms with Gasteiger partial charge in [0.2, 0.25) is 0 Å². The van der Waals surface area contributed by atoms with Crippen LogP contribution in [0.3, 0.4) is 0 Å². The summed E-state index contributed by atoms with van der Waals surface area (Å²) in [6.45, 7) is 1.33. The molecule has 0 aromatic heterocycles. The lowest BCUT2D eigenvalue weighted by Crippen LogP contribution is -2.26. The summed E-state index contributed by atoms with van der Waals surface area (Å²) in [4.78, 5) is 24.4. The third-order valence-corrected chi connectivity index (χ3v) is 3.85. The Kier molecular flexibility index (Phi) is 4.42. The summed E-state index contributed by atoms with van der Waals surface area (Å²) in [7, 11) is 1.63. The number of carbonyl (C=O) groups is 1. The summed E-state index contributed by atoms with van der Waals surface area (Å²) in [6, 6.07) is 9.51. The fourth-order valence-corrected chi connectivity index (χ4v) is 2.59. The Morgan fingerprint density at radius 3 is 2.64 bits per heavy atom. The van der Waals surface area contributed by atoms with E-state index in [0.29, 0.717) is 31.3 Å². The highest BCUT2D eigenvalue weighted by molar-refractivity contribution is 5.95. The highest BCUT2D eigenvalue weighted by Gasteiger charge is 2.19. The molecule has 0 radical (unpaired) electrons. The van der Waals surface area contributed by atoms with Gasteiger partial charge in [-0.25, -0.2) is 0 Å². The van der Waals surface area contributed by atoms with Gasteiger partial charge in [0.25, 0.3) is 11.6 Å². The van der Waals surface area contributed by atoms with Crippen molar-refractivity contribution in [2.24, 2.45) is 0 Å². The number of amides is 1. The number of hydrogen-bond donors (Lipinski definition) is 1. The quantitative estimate of drug-likeness (QED) is 0.518. The van der Waals surface area contributed by atoms with Crippen LogP contribution in [0.2, 0.25) is 0 Å². The van der Waals surface area contributed by atoms with Gasteiger partial charge in [0.05, 0.1) is 4.92 Å². The first-order chi connectivity index (χ1) is 12.0. The average molecular weight is 343 g/mol. The van der Waals surface area contributed by atoms with Crippen molar-refractivity contribution in [3.8, 4) is 11.5 Å². The van der Waals surface area contributed by atoms with Gasteiger partial charge in [0, 0.05) is 25.2 Å². The second-order valence-corrected chi connectivity index (χ2v) is 5.67. The maximum Gasteiger partial charge on any atom is 0.292 e. The van der Waals surface area contributed by atoms with Crippen molar-refractivity contribution in [2.75, 3.05) is 26.0 Å². The molecule has 3 rings (SSSR count). The molecule has 1 amide bonds. The minimum Gasteiger partial charge on any atom is -0.486 e. The maximum absolute atomic E-state index is 12.5. The van der Waals surface area contributed by atoms with Crippen LogP contribution in [-0.4, -0.2) is 36.0 Å². The highest BCUT2D eigenvalue weighted by Crippen LogP contribution is 2.31. The third-order valence-electron chi connectivity index (χ3n) is 3.85. The summed E-state index contributed by atoms with van der Waals surface area (Å²) in [6.07, 6.45) is 0. The fraction of sp³-hybridized carbons (Fsp3) is 0.235.